The summed E-state index contributed by atoms with van der Waals surface area (Å²) in [5.74, 6) is -1.34. The first-order valence-electron chi connectivity index (χ1n) is 6.14. The lowest BCUT2D eigenvalue weighted by atomic mass is 9.85. The molecule has 1 aromatic carbocycles. The number of rotatable bonds is 2. The maximum Gasteiger partial charge on any atom is 0.241 e. The van der Waals surface area contributed by atoms with Gasteiger partial charge in [-0.3, -0.25) is 14.8 Å². The van der Waals surface area contributed by atoms with E-state index in [9.17, 15) is 9.59 Å². The Bertz CT molecular complexity index is 540. The summed E-state index contributed by atoms with van der Waals surface area (Å²) in [5, 5.41) is 8.69. The number of carbonyl (C=O) groups is 2. The Morgan fingerprint density at radius 3 is 2.53 bits per heavy atom. The first-order chi connectivity index (χ1) is 9.22. The molecule has 1 aromatic rings. The van der Waals surface area contributed by atoms with Crippen molar-refractivity contribution < 1.29 is 19.7 Å². The van der Waals surface area contributed by atoms with Crippen LogP contribution in [0, 0.1) is 11.8 Å². The minimum Gasteiger partial charge on any atom is -0.274 e. The monoisotopic (exact) mass is 259 g/mol. The lowest BCUT2D eigenvalue weighted by molar-refractivity contribution is -0.269. The fourth-order valence-electron chi connectivity index (χ4n) is 2.70. The van der Waals surface area contributed by atoms with Crippen LogP contribution in [0.25, 0.3) is 0 Å². The van der Waals surface area contributed by atoms with E-state index in [1.165, 1.54) is 4.90 Å². The number of hydrogen-bond donors (Lipinski definition) is 1. The van der Waals surface area contributed by atoms with Gasteiger partial charge in [-0.1, -0.05) is 30.4 Å². The third-order valence-electron chi connectivity index (χ3n) is 3.65. The van der Waals surface area contributed by atoms with Crippen molar-refractivity contribution in [3.63, 3.8) is 0 Å². The van der Waals surface area contributed by atoms with Gasteiger partial charge in [0.1, 0.15) is 6.10 Å². The van der Waals surface area contributed by atoms with E-state index in [0.717, 1.165) is 0 Å². The van der Waals surface area contributed by atoms with Crippen LogP contribution in [0.3, 0.4) is 0 Å². The molecule has 1 aliphatic carbocycles. The number of nitrogens with zero attached hydrogens (tertiary/aromatic N) is 1. The van der Waals surface area contributed by atoms with Crippen LogP contribution in [0.1, 0.15) is 6.42 Å². The number of fused-ring (bicyclic) bond motifs is 1. The molecule has 5 nitrogen and oxygen atoms in total. The largest absolute Gasteiger partial charge is 0.274 e. The van der Waals surface area contributed by atoms with Crippen LogP contribution in [0.15, 0.2) is 42.5 Å². The zero-order valence-corrected chi connectivity index (χ0v) is 10.1. The molecule has 0 spiro atoms. The van der Waals surface area contributed by atoms with Crippen molar-refractivity contribution in [3.8, 4) is 0 Å². The molecule has 1 fully saturated rings. The lowest BCUT2D eigenvalue weighted by Gasteiger charge is -2.20. The normalized spacial score (nSPS) is 29.7. The van der Waals surface area contributed by atoms with Crippen molar-refractivity contribution in [1.29, 1.82) is 0 Å². The second kappa shape index (κ2) is 4.60. The second-order valence-electron chi connectivity index (χ2n) is 4.74. The highest BCUT2D eigenvalue weighted by Crippen LogP contribution is 2.37. The highest BCUT2D eigenvalue weighted by atomic mass is 17.1. The summed E-state index contributed by atoms with van der Waals surface area (Å²) in [7, 11) is 0. The summed E-state index contributed by atoms with van der Waals surface area (Å²) in [6, 6.07) is 8.87. The van der Waals surface area contributed by atoms with Crippen LogP contribution < -0.4 is 4.90 Å². The summed E-state index contributed by atoms with van der Waals surface area (Å²) in [6.07, 6.45) is 3.08. The number of amides is 2. The van der Waals surface area contributed by atoms with E-state index in [4.69, 9.17) is 5.26 Å². The first-order valence-corrected chi connectivity index (χ1v) is 6.14. The summed E-state index contributed by atoms with van der Waals surface area (Å²) < 4.78 is 0. The molecule has 0 aromatic heterocycles. The highest BCUT2D eigenvalue weighted by Gasteiger charge is 2.49. The third-order valence-corrected chi connectivity index (χ3v) is 3.65. The molecule has 1 N–H and O–H groups in total. The fraction of sp³-hybridized carbons (Fsp3) is 0.286. The molecule has 0 unspecified atom stereocenters. The molecular formula is C14H13NO4. The maximum atomic E-state index is 12.3. The van der Waals surface area contributed by atoms with E-state index in [0.29, 0.717) is 12.1 Å². The van der Waals surface area contributed by atoms with Crippen molar-refractivity contribution in [2.24, 2.45) is 11.8 Å². The predicted molar refractivity (Wildman–Crippen MR) is 67.2 cm³/mol. The Kier molecular flexibility index (Phi) is 2.93. The predicted octanol–water partition coefficient (Wildman–Crippen LogP) is 1.61. The van der Waals surface area contributed by atoms with E-state index >= 15 is 0 Å². The average molecular weight is 259 g/mol. The minimum absolute atomic E-state index is 0.214. The molecule has 0 bridgehead atoms. The Morgan fingerprint density at radius 2 is 1.84 bits per heavy atom. The van der Waals surface area contributed by atoms with E-state index in [1.807, 2.05) is 6.07 Å². The third kappa shape index (κ3) is 1.87. The zero-order valence-electron chi connectivity index (χ0n) is 10.1. The second-order valence-corrected chi connectivity index (χ2v) is 4.74. The Balaban J connectivity index is 1.94. The van der Waals surface area contributed by atoms with Gasteiger partial charge >= 0.3 is 0 Å². The van der Waals surface area contributed by atoms with E-state index in [2.05, 4.69) is 4.89 Å². The quantitative estimate of drug-likeness (QED) is 0.379. The molecule has 1 aliphatic heterocycles. The summed E-state index contributed by atoms with van der Waals surface area (Å²) in [6.45, 7) is 0. The Hall–Kier alpha value is -1.98. The molecule has 0 saturated carbocycles. The number of carbonyl (C=O) groups excluding carboxylic acids is 2. The average Bonchev–Trinajstić information content (AvgIpc) is 2.71. The maximum absolute atomic E-state index is 12.3. The van der Waals surface area contributed by atoms with Crippen molar-refractivity contribution in [2.75, 3.05) is 4.90 Å². The molecular weight excluding hydrogens is 246 g/mol. The van der Waals surface area contributed by atoms with Crippen molar-refractivity contribution >= 4 is 17.5 Å². The van der Waals surface area contributed by atoms with E-state index < -0.39 is 17.9 Å². The van der Waals surface area contributed by atoms with E-state index in [1.54, 1.807) is 36.4 Å². The molecule has 98 valence electrons. The van der Waals surface area contributed by atoms with Crippen LogP contribution in [-0.4, -0.2) is 23.2 Å². The number of para-hydroxylation sites is 1. The molecule has 1 heterocycles. The van der Waals surface area contributed by atoms with Gasteiger partial charge in [0.2, 0.25) is 11.8 Å². The van der Waals surface area contributed by atoms with Gasteiger partial charge in [-0.25, -0.2) is 9.79 Å². The van der Waals surface area contributed by atoms with E-state index in [-0.39, 0.29) is 11.8 Å². The zero-order chi connectivity index (χ0) is 13.4. The van der Waals surface area contributed by atoms with Crippen LogP contribution in [-0.2, 0) is 14.5 Å². The molecule has 2 amide bonds. The molecule has 19 heavy (non-hydrogen) atoms. The number of imide groups is 1. The standard InChI is InChI=1S/C14H13NO4/c16-13-11-7-6-10(19-18)8-12(11)14(17)15(13)9-4-2-1-3-5-9/h1-7,10-12,18H,8H2/t10-,11-,12+/m1/s1. The molecule has 3 atom stereocenters. The lowest BCUT2D eigenvalue weighted by Crippen LogP contribution is -2.31. The van der Waals surface area contributed by atoms with Crippen molar-refractivity contribution in [2.45, 2.75) is 12.5 Å². The van der Waals surface area contributed by atoms with Gasteiger partial charge < -0.3 is 0 Å². The fourth-order valence-corrected chi connectivity index (χ4v) is 2.70. The summed E-state index contributed by atoms with van der Waals surface area (Å²) in [4.78, 5) is 30.1. The van der Waals surface area contributed by atoms with Gasteiger partial charge in [0.25, 0.3) is 0 Å². The SMILES string of the molecule is O=C1[C@H]2C[C@H](OO)C=C[C@H]2C(=O)N1c1ccccc1. The molecule has 2 aliphatic rings. The molecule has 0 radical (unpaired) electrons. The van der Waals surface area contributed by atoms with Gasteiger partial charge in [0.05, 0.1) is 17.5 Å². The van der Waals surface area contributed by atoms with Crippen LogP contribution in [0.4, 0.5) is 5.69 Å². The van der Waals surface area contributed by atoms with Gasteiger partial charge in [-0.15, -0.1) is 0 Å². The topological polar surface area (TPSA) is 66.8 Å². The smallest absolute Gasteiger partial charge is 0.241 e. The Morgan fingerprint density at radius 1 is 1.11 bits per heavy atom. The summed E-state index contributed by atoms with van der Waals surface area (Å²) >= 11 is 0. The highest BCUT2D eigenvalue weighted by molar-refractivity contribution is 6.22. The minimum atomic E-state index is -0.520. The number of anilines is 1. The van der Waals surface area contributed by atoms with Crippen LogP contribution in [0.2, 0.25) is 0 Å². The summed E-state index contributed by atoms with van der Waals surface area (Å²) in [5.41, 5.74) is 0.585. The van der Waals surface area contributed by atoms with Crippen LogP contribution >= 0.6 is 0 Å². The van der Waals surface area contributed by atoms with Gasteiger partial charge in [-0.05, 0) is 18.6 Å². The first kappa shape index (κ1) is 12.1. The number of hydrogen-bond acceptors (Lipinski definition) is 4. The van der Waals surface area contributed by atoms with Gasteiger partial charge in [0, 0.05) is 0 Å². The number of benzene rings is 1. The van der Waals surface area contributed by atoms with Gasteiger partial charge in [-0.2, -0.15) is 0 Å². The van der Waals surface area contributed by atoms with Crippen LogP contribution in [0.5, 0.6) is 0 Å². The van der Waals surface area contributed by atoms with Crippen molar-refractivity contribution in [3.05, 3.63) is 42.5 Å². The molecule has 3 rings (SSSR count). The van der Waals surface area contributed by atoms with Gasteiger partial charge in [0.15, 0.2) is 0 Å². The van der Waals surface area contributed by atoms with Crippen molar-refractivity contribution in [1.82, 2.24) is 0 Å². The molecule has 5 heteroatoms. The Labute approximate surface area is 110 Å². The molecule has 1 saturated heterocycles.